The number of ether oxygens (including phenoxy) is 1. The molecule has 1 saturated heterocycles. The van der Waals surface area contributed by atoms with Gasteiger partial charge < -0.3 is 9.64 Å². The van der Waals surface area contributed by atoms with E-state index in [1.807, 2.05) is 6.07 Å². The molecule has 1 aromatic rings. The summed E-state index contributed by atoms with van der Waals surface area (Å²) in [6, 6.07) is 10.6. The lowest BCUT2D eigenvalue weighted by Crippen LogP contribution is -2.58. The second-order valence-corrected chi connectivity index (χ2v) is 9.24. The quantitative estimate of drug-likeness (QED) is 0.808. The zero-order valence-electron chi connectivity index (χ0n) is 15.2. The number of rotatable bonds is 2. The van der Waals surface area contributed by atoms with Crippen LogP contribution in [0.3, 0.4) is 0 Å². The van der Waals surface area contributed by atoms with Gasteiger partial charge in [-0.2, -0.15) is 0 Å². The summed E-state index contributed by atoms with van der Waals surface area (Å²) >= 11 is 0. The molecule has 1 heterocycles. The molecule has 0 radical (unpaired) electrons. The highest BCUT2D eigenvalue weighted by Crippen LogP contribution is 2.60. The van der Waals surface area contributed by atoms with E-state index in [0.717, 1.165) is 37.0 Å². The van der Waals surface area contributed by atoms with Gasteiger partial charge in [0.2, 0.25) is 5.91 Å². The first-order chi connectivity index (χ1) is 12.1. The van der Waals surface area contributed by atoms with Gasteiger partial charge in [-0.25, -0.2) is 0 Å². The van der Waals surface area contributed by atoms with Crippen molar-refractivity contribution >= 4 is 5.91 Å². The zero-order chi connectivity index (χ0) is 17.0. The van der Waals surface area contributed by atoms with E-state index in [4.69, 9.17) is 4.74 Å². The summed E-state index contributed by atoms with van der Waals surface area (Å²) in [6.07, 6.45) is 7.64. The Morgan fingerprint density at radius 2 is 1.64 bits per heavy atom. The fourth-order valence-corrected chi connectivity index (χ4v) is 6.59. The van der Waals surface area contributed by atoms with Crippen LogP contribution >= 0.6 is 0 Å². The topological polar surface area (TPSA) is 29.5 Å². The molecule has 3 nitrogen and oxygen atoms in total. The summed E-state index contributed by atoms with van der Waals surface area (Å²) < 4.78 is 6.08. The molecule has 0 spiro atoms. The molecule has 1 amide bonds. The molecule has 4 saturated carbocycles. The maximum atomic E-state index is 13.7. The second-order valence-electron chi connectivity index (χ2n) is 9.24. The fraction of sp³-hybridized carbons (Fsp3) is 0.682. The molecule has 4 aliphatic carbocycles. The van der Waals surface area contributed by atoms with Crippen molar-refractivity contribution in [3.63, 3.8) is 0 Å². The predicted molar refractivity (Wildman–Crippen MR) is 96.9 cm³/mol. The molecule has 5 aliphatic rings. The Morgan fingerprint density at radius 3 is 2.24 bits per heavy atom. The summed E-state index contributed by atoms with van der Waals surface area (Å²) in [5.41, 5.74) is 1.15. The molecule has 0 N–H and O–H groups in total. The van der Waals surface area contributed by atoms with E-state index in [1.165, 1.54) is 24.8 Å². The molecule has 3 heteroatoms. The van der Waals surface area contributed by atoms with Crippen LogP contribution in [0.4, 0.5) is 0 Å². The lowest BCUT2D eigenvalue weighted by atomic mass is 9.49. The molecule has 1 aliphatic heterocycles. The molecule has 6 rings (SSSR count). The third-order valence-corrected chi connectivity index (χ3v) is 7.36. The van der Waals surface area contributed by atoms with Crippen LogP contribution in [0.1, 0.15) is 57.1 Å². The van der Waals surface area contributed by atoms with E-state index < -0.39 is 0 Å². The molecule has 1 aromatic carbocycles. The number of hydrogen-bond acceptors (Lipinski definition) is 2. The Labute approximate surface area is 150 Å². The summed E-state index contributed by atoms with van der Waals surface area (Å²) in [5, 5.41) is 0. The third kappa shape index (κ3) is 2.63. The van der Waals surface area contributed by atoms with Crippen LogP contribution in [-0.2, 0) is 9.53 Å². The maximum absolute atomic E-state index is 13.7. The molecule has 25 heavy (non-hydrogen) atoms. The largest absolute Gasteiger partial charge is 0.370 e. The highest BCUT2D eigenvalue weighted by Gasteiger charge is 2.56. The molecule has 5 fully saturated rings. The lowest BCUT2D eigenvalue weighted by molar-refractivity contribution is -0.169. The van der Waals surface area contributed by atoms with Gasteiger partial charge in [0.15, 0.2) is 0 Å². The number of carbonyl (C=O) groups excluding carboxylic acids is 1. The molecular formula is C22H29NO2. The molecule has 134 valence electrons. The van der Waals surface area contributed by atoms with Gasteiger partial charge in [-0.1, -0.05) is 30.3 Å². The van der Waals surface area contributed by atoms with E-state index >= 15 is 0 Å². The second kappa shape index (κ2) is 5.84. The Balaban J connectivity index is 1.39. The minimum atomic E-state index is -0.0401. The Morgan fingerprint density at radius 1 is 1.04 bits per heavy atom. The third-order valence-electron chi connectivity index (χ3n) is 7.36. The van der Waals surface area contributed by atoms with E-state index in [9.17, 15) is 4.79 Å². The molecular weight excluding hydrogens is 310 g/mol. The zero-order valence-corrected chi connectivity index (χ0v) is 15.2. The van der Waals surface area contributed by atoms with Gasteiger partial charge in [0.25, 0.3) is 0 Å². The summed E-state index contributed by atoms with van der Waals surface area (Å²) in [6.45, 7) is 3.52. The monoisotopic (exact) mass is 339 g/mol. The van der Waals surface area contributed by atoms with Crippen LogP contribution in [0.2, 0.25) is 0 Å². The fourth-order valence-electron chi connectivity index (χ4n) is 6.59. The Hall–Kier alpha value is -1.35. The normalized spacial score (nSPS) is 42.6. The van der Waals surface area contributed by atoms with Gasteiger partial charge in [0.1, 0.15) is 6.10 Å². The summed E-state index contributed by atoms with van der Waals surface area (Å²) in [4.78, 5) is 15.9. The molecule has 2 unspecified atom stereocenters. The average molecular weight is 339 g/mol. The van der Waals surface area contributed by atoms with E-state index in [0.29, 0.717) is 19.1 Å². The van der Waals surface area contributed by atoms with Crippen LogP contribution in [-0.4, -0.2) is 30.0 Å². The van der Waals surface area contributed by atoms with Crippen molar-refractivity contribution < 1.29 is 9.53 Å². The van der Waals surface area contributed by atoms with Crippen molar-refractivity contribution in [1.29, 1.82) is 0 Å². The van der Waals surface area contributed by atoms with E-state index in [2.05, 4.69) is 36.1 Å². The summed E-state index contributed by atoms with van der Waals surface area (Å²) in [7, 11) is 0. The van der Waals surface area contributed by atoms with Crippen molar-refractivity contribution in [3.8, 4) is 0 Å². The van der Waals surface area contributed by atoms with Gasteiger partial charge in [-0.3, -0.25) is 4.79 Å². The lowest BCUT2D eigenvalue weighted by Gasteiger charge is -2.57. The number of amides is 1. The first kappa shape index (κ1) is 15.9. The predicted octanol–water partition coefficient (Wildman–Crippen LogP) is 4.19. The highest BCUT2D eigenvalue weighted by atomic mass is 16.5. The Bertz CT molecular complexity index is 620. The molecule has 0 aromatic heterocycles. The Kier molecular flexibility index (Phi) is 3.70. The van der Waals surface area contributed by atoms with Crippen molar-refractivity contribution in [2.45, 2.75) is 57.6 Å². The van der Waals surface area contributed by atoms with Crippen molar-refractivity contribution in [2.75, 3.05) is 13.2 Å². The first-order valence-corrected chi connectivity index (χ1v) is 10.1. The number of morpholine rings is 1. The maximum Gasteiger partial charge on any atom is 0.229 e. The SMILES string of the molecule is CC1COC(c2ccccc2)CN1C(=O)C12CC3CC(CC(C3)C1)C2. The van der Waals surface area contributed by atoms with Crippen LogP contribution in [0.15, 0.2) is 30.3 Å². The smallest absolute Gasteiger partial charge is 0.229 e. The summed E-state index contributed by atoms with van der Waals surface area (Å²) in [5.74, 6) is 2.90. The van der Waals surface area contributed by atoms with E-state index in [1.54, 1.807) is 0 Å². The number of hydrogen-bond donors (Lipinski definition) is 0. The van der Waals surface area contributed by atoms with Crippen LogP contribution in [0, 0.1) is 23.2 Å². The van der Waals surface area contributed by atoms with Crippen molar-refractivity contribution in [1.82, 2.24) is 4.90 Å². The molecule has 2 atom stereocenters. The number of carbonyl (C=O) groups is 1. The van der Waals surface area contributed by atoms with Gasteiger partial charge in [-0.05, 0) is 68.8 Å². The molecule has 4 bridgehead atoms. The van der Waals surface area contributed by atoms with Crippen LogP contribution in [0.5, 0.6) is 0 Å². The van der Waals surface area contributed by atoms with Gasteiger partial charge in [-0.15, -0.1) is 0 Å². The van der Waals surface area contributed by atoms with Gasteiger partial charge >= 0.3 is 0 Å². The number of nitrogens with zero attached hydrogens (tertiary/aromatic N) is 1. The number of benzene rings is 1. The van der Waals surface area contributed by atoms with Crippen LogP contribution in [0.25, 0.3) is 0 Å². The average Bonchev–Trinajstić information content (AvgIpc) is 2.61. The van der Waals surface area contributed by atoms with Gasteiger partial charge in [0, 0.05) is 0 Å². The highest BCUT2D eigenvalue weighted by molar-refractivity contribution is 5.83. The van der Waals surface area contributed by atoms with Crippen molar-refractivity contribution in [3.05, 3.63) is 35.9 Å². The standard InChI is InChI=1S/C22H29NO2/c1-15-14-25-20(19-5-3-2-4-6-19)13-23(15)21(24)22-10-16-7-17(11-22)9-18(8-16)12-22/h2-6,15-18,20H,7-14H2,1H3. The minimum Gasteiger partial charge on any atom is -0.370 e. The minimum absolute atomic E-state index is 0.0234. The van der Waals surface area contributed by atoms with Gasteiger partial charge in [0.05, 0.1) is 24.6 Å². The first-order valence-electron chi connectivity index (χ1n) is 10.1. The van der Waals surface area contributed by atoms with E-state index in [-0.39, 0.29) is 17.6 Å². The van der Waals surface area contributed by atoms with Crippen molar-refractivity contribution in [2.24, 2.45) is 23.2 Å². The van der Waals surface area contributed by atoms with Crippen LogP contribution < -0.4 is 0 Å².